The Balaban J connectivity index is 1.57. The maximum Gasteiger partial charge on any atom is 0.434 e. The SMILES string of the molecule is CCNC(=NCc1nc(C(F)(F)F)cs1)N1CCC(Oc2ccccc2)CC1. The minimum Gasteiger partial charge on any atom is -0.490 e. The minimum atomic E-state index is -4.41. The van der Waals surface area contributed by atoms with Crippen molar-refractivity contribution in [2.75, 3.05) is 19.6 Å². The molecule has 0 saturated carbocycles. The first-order valence-electron chi connectivity index (χ1n) is 9.22. The average molecular weight is 412 g/mol. The van der Waals surface area contributed by atoms with Crippen molar-refractivity contribution in [3.63, 3.8) is 0 Å². The highest BCUT2D eigenvalue weighted by molar-refractivity contribution is 7.09. The summed E-state index contributed by atoms with van der Waals surface area (Å²) in [6.07, 6.45) is -2.55. The van der Waals surface area contributed by atoms with Crippen LogP contribution in [-0.4, -0.2) is 41.6 Å². The minimum absolute atomic E-state index is 0.128. The molecule has 1 aromatic heterocycles. The van der Waals surface area contributed by atoms with Crippen molar-refractivity contribution < 1.29 is 17.9 Å². The molecule has 152 valence electrons. The molecular formula is C19H23F3N4OS. The smallest absolute Gasteiger partial charge is 0.434 e. The number of hydrogen-bond donors (Lipinski definition) is 1. The van der Waals surface area contributed by atoms with Gasteiger partial charge in [-0.15, -0.1) is 11.3 Å². The molecule has 1 N–H and O–H groups in total. The lowest BCUT2D eigenvalue weighted by molar-refractivity contribution is -0.140. The van der Waals surface area contributed by atoms with Gasteiger partial charge < -0.3 is 15.0 Å². The third-order valence-corrected chi connectivity index (χ3v) is 5.16. The second-order valence-electron chi connectivity index (χ2n) is 6.41. The summed E-state index contributed by atoms with van der Waals surface area (Å²) in [5.74, 6) is 1.56. The summed E-state index contributed by atoms with van der Waals surface area (Å²) in [6, 6.07) is 9.74. The number of thiazole rings is 1. The fraction of sp³-hybridized carbons (Fsp3) is 0.474. The highest BCUT2D eigenvalue weighted by Gasteiger charge is 2.33. The number of aromatic nitrogens is 1. The molecule has 28 heavy (non-hydrogen) atoms. The van der Waals surface area contributed by atoms with Crippen LogP contribution in [0.15, 0.2) is 40.7 Å². The summed E-state index contributed by atoms with van der Waals surface area (Å²) in [7, 11) is 0. The highest BCUT2D eigenvalue weighted by Crippen LogP contribution is 2.30. The molecule has 5 nitrogen and oxygen atoms in total. The number of aliphatic imine (C=N–C) groups is 1. The second-order valence-corrected chi connectivity index (χ2v) is 7.35. The Morgan fingerprint density at radius 1 is 1.29 bits per heavy atom. The number of halogens is 3. The van der Waals surface area contributed by atoms with E-state index in [1.165, 1.54) is 0 Å². The zero-order valence-electron chi connectivity index (χ0n) is 15.6. The molecule has 0 bridgehead atoms. The third kappa shape index (κ3) is 5.60. The highest BCUT2D eigenvalue weighted by atomic mass is 32.1. The van der Waals surface area contributed by atoms with Crippen molar-refractivity contribution in [3.8, 4) is 5.75 Å². The van der Waals surface area contributed by atoms with Crippen LogP contribution in [0.4, 0.5) is 13.2 Å². The van der Waals surface area contributed by atoms with E-state index in [4.69, 9.17) is 4.74 Å². The number of nitrogens with zero attached hydrogens (tertiary/aromatic N) is 3. The van der Waals surface area contributed by atoms with Crippen molar-refractivity contribution >= 4 is 17.3 Å². The maximum atomic E-state index is 12.7. The molecule has 0 radical (unpaired) electrons. The van der Waals surface area contributed by atoms with Crippen LogP contribution in [-0.2, 0) is 12.7 Å². The lowest BCUT2D eigenvalue weighted by atomic mass is 10.1. The Hall–Kier alpha value is -2.29. The van der Waals surface area contributed by atoms with Gasteiger partial charge in [0.1, 0.15) is 16.9 Å². The van der Waals surface area contributed by atoms with Crippen LogP contribution in [0.25, 0.3) is 0 Å². The third-order valence-electron chi connectivity index (χ3n) is 4.33. The molecule has 0 amide bonds. The van der Waals surface area contributed by atoms with Crippen molar-refractivity contribution in [2.45, 2.75) is 38.6 Å². The average Bonchev–Trinajstić information content (AvgIpc) is 3.16. The molecule has 9 heteroatoms. The first kappa shape index (κ1) is 20.4. The molecule has 1 aliphatic heterocycles. The normalized spacial score (nSPS) is 16.3. The van der Waals surface area contributed by atoms with Crippen LogP contribution < -0.4 is 10.1 Å². The molecule has 2 heterocycles. The number of hydrogen-bond acceptors (Lipinski definition) is 4. The quantitative estimate of drug-likeness (QED) is 0.592. The van der Waals surface area contributed by atoms with Gasteiger partial charge in [0.25, 0.3) is 0 Å². The van der Waals surface area contributed by atoms with Gasteiger partial charge in [-0.05, 0) is 19.1 Å². The summed E-state index contributed by atoms with van der Waals surface area (Å²) < 4.78 is 44.0. The van der Waals surface area contributed by atoms with Gasteiger partial charge in [0.05, 0.1) is 6.54 Å². The molecule has 1 aliphatic rings. The van der Waals surface area contributed by atoms with Crippen molar-refractivity contribution in [1.29, 1.82) is 0 Å². The van der Waals surface area contributed by atoms with E-state index < -0.39 is 11.9 Å². The molecule has 0 spiro atoms. The monoisotopic (exact) mass is 412 g/mol. The number of ether oxygens (including phenoxy) is 1. The molecule has 0 aliphatic carbocycles. The van der Waals surface area contributed by atoms with Gasteiger partial charge in [-0.25, -0.2) is 9.98 Å². The van der Waals surface area contributed by atoms with Crippen LogP contribution in [0.5, 0.6) is 5.75 Å². The van der Waals surface area contributed by atoms with Crippen molar-refractivity contribution in [2.24, 2.45) is 4.99 Å². The van der Waals surface area contributed by atoms with Gasteiger partial charge in [-0.3, -0.25) is 0 Å². The van der Waals surface area contributed by atoms with E-state index >= 15 is 0 Å². The summed E-state index contributed by atoms with van der Waals surface area (Å²) in [5, 5.41) is 4.60. The van der Waals surface area contributed by atoms with Crippen molar-refractivity contribution in [1.82, 2.24) is 15.2 Å². The Morgan fingerprint density at radius 3 is 2.61 bits per heavy atom. The van der Waals surface area contributed by atoms with Gasteiger partial charge in [0, 0.05) is 37.9 Å². The number of para-hydroxylation sites is 1. The number of rotatable bonds is 5. The van der Waals surface area contributed by atoms with Crippen LogP contribution in [0.2, 0.25) is 0 Å². The van der Waals surface area contributed by atoms with Gasteiger partial charge in [0.15, 0.2) is 11.7 Å². The van der Waals surface area contributed by atoms with E-state index in [0.29, 0.717) is 17.5 Å². The number of guanidine groups is 1. The maximum absolute atomic E-state index is 12.7. The number of alkyl halides is 3. The van der Waals surface area contributed by atoms with Gasteiger partial charge in [-0.2, -0.15) is 13.2 Å². The number of benzene rings is 1. The van der Waals surface area contributed by atoms with Crippen molar-refractivity contribution in [3.05, 3.63) is 46.4 Å². The molecule has 1 fully saturated rings. The molecule has 0 unspecified atom stereocenters. The van der Waals surface area contributed by atoms with Gasteiger partial charge in [0.2, 0.25) is 0 Å². The molecular weight excluding hydrogens is 389 g/mol. The number of likely N-dealkylation sites (tertiary alicyclic amines) is 1. The first-order chi connectivity index (χ1) is 13.5. The predicted octanol–water partition coefficient (Wildman–Crippen LogP) is 4.17. The van der Waals surface area contributed by atoms with E-state index in [1.807, 2.05) is 37.3 Å². The lowest BCUT2D eigenvalue weighted by Crippen LogP contribution is -2.47. The van der Waals surface area contributed by atoms with Gasteiger partial charge >= 0.3 is 6.18 Å². The summed E-state index contributed by atoms with van der Waals surface area (Å²) in [4.78, 5) is 10.2. The second kappa shape index (κ2) is 9.27. The van der Waals surface area contributed by atoms with Gasteiger partial charge in [-0.1, -0.05) is 18.2 Å². The first-order valence-corrected chi connectivity index (χ1v) is 10.1. The van der Waals surface area contributed by atoms with E-state index in [1.54, 1.807) is 0 Å². The summed E-state index contributed by atoms with van der Waals surface area (Å²) in [6.45, 7) is 4.32. The predicted molar refractivity (Wildman–Crippen MR) is 104 cm³/mol. The number of nitrogens with one attached hydrogen (secondary N) is 1. The Morgan fingerprint density at radius 2 is 2.00 bits per heavy atom. The molecule has 2 aromatic rings. The zero-order chi connectivity index (χ0) is 20.0. The van der Waals surface area contributed by atoms with E-state index in [9.17, 15) is 13.2 Å². The zero-order valence-corrected chi connectivity index (χ0v) is 16.4. The number of piperidine rings is 1. The lowest BCUT2D eigenvalue weighted by Gasteiger charge is -2.34. The Bertz CT molecular complexity index is 771. The summed E-state index contributed by atoms with van der Waals surface area (Å²) in [5.41, 5.74) is -0.855. The van der Waals surface area contributed by atoms with Crippen LogP contribution in [0.3, 0.4) is 0 Å². The largest absolute Gasteiger partial charge is 0.490 e. The Labute approximate surface area is 166 Å². The molecule has 1 aromatic carbocycles. The fourth-order valence-corrected chi connectivity index (χ4v) is 3.68. The van der Waals surface area contributed by atoms with E-state index in [2.05, 4.69) is 20.2 Å². The van der Waals surface area contributed by atoms with E-state index in [0.717, 1.165) is 48.4 Å². The molecule has 3 rings (SSSR count). The molecule has 0 atom stereocenters. The van der Waals surface area contributed by atoms with E-state index in [-0.39, 0.29) is 12.6 Å². The molecule has 1 saturated heterocycles. The van der Waals surface area contributed by atoms with Crippen LogP contribution >= 0.6 is 11.3 Å². The van der Waals surface area contributed by atoms with Crippen LogP contribution in [0, 0.1) is 0 Å². The Kier molecular flexibility index (Phi) is 6.77. The standard InChI is InChI=1S/C19H23F3N4OS/c1-2-23-18(24-12-17-25-16(13-28-17)19(20,21)22)26-10-8-15(9-11-26)27-14-6-4-3-5-7-14/h3-7,13,15H,2,8-12H2,1H3,(H,23,24). The fourth-order valence-electron chi connectivity index (χ4n) is 2.96. The van der Waals surface area contributed by atoms with Crippen LogP contribution in [0.1, 0.15) is 30.5 Å². The summed E-state index contributed by atoms with van der Waals surface area (Å²) >= 11 is 0.980. The topological polar surface area (TPSA) is 49.8 Å².